The molecule has 2 fully saturated rings. The molecule has 1 aliphatic heterocycles. The average Bonchev–Trinajstić information content (AvgIpc) is 3.18. The van der Waals surface area contributed by atoms with E-state index in [1.54, 1.807) is 0 Å². The standard InChI is InChI=1S/C18H23FN2S/c1-21-9-3-4-13(21)10-14-17-15(20-18(14)12-7-8-12)5-2-6-16(17)22-11-19/h2,5-6,12-13,20H,3-4,7-11H2,1H3/t13-/m1/s1. The summed E-state index contributed by atoms with van der Waals surface area (Å²) in [6.45, 7) is 1.21. The van der Waals surface area contributed by atoms with Gasteiger partial charge >= 0.3 is 0 Å². The molecule has 1 aromatic carbocycles. The van der Waals surface area contributed by atoms with Crippen molar-refractivity contribution in [3.05, 3.63) is 29.5 Å². The fourth-order valence-electron chi connectivity index (χ4n) is 3.89. The Morgan fingerprint density at radius 2 is 2.18 bits per heavy atom. The fourth-order valence-corrected chi connectivity index (χ4v) is 4.56. The van der Waals surface area contributed by atoms with Gasteiger partial charge in [-0.05, 0) is 69.3 Å². The van der Waals surface area contributed by atoms with Crippen molar-refractivity contribution < 1.29 is 4.39 Å². The minimum Gasteiger partial charge on any atom is -0.358 e. The Balaban J connectivity index is 1.80. The summed E-state index contributed by atoms with van der Waals surface area (Å²) in [5, 5.41) is 1.28. The molecule has 1 saturated carbocycles. The molecule has 2 aliphatic rings. The number of likely N-dealkylation sites (N-methyl/N-ethyl adjacent to an activating group) is 1. The van der Waals surface area contributed by atoms with Crippen molar-refractivity contribution in [3.63, 3.8) is 0 Å². The molecule has 2 aromatic rings. The summed E-state index contributed by atoms with van der Waals surface area (Å²) < 4.78 is 12.9. The van der Waals surface area contributed by atoms with E-state index < -0.39 is 0 Å². The Hall–Kier alpha value is -1.000. The highest BCUT2D eigenvalue weighted by Gasteiger charge is 2.31. The van der Waals surface area contributed by atoms with E-state index in [9.17, 15) is 4.39 Å². The average molecular weight is 318 g/mol. The van der Waals surface area contributed by atoms with Crippen LogP contribution in [0.1, 0.15) is 42.9 Å². The number of alkyl halides is 1. The van der Waals surface area contributed by atoms with E-state index >= 15 is 0 Å². The number of likely N-dealkylation sites (tertiary alicyclic amines) is 1. The van der Waals surface area contributed by atoms with E-state index in [1.807, 2.05) is 6.07 Å². The summed E-state index contributed by atoms with van der Waals surface area (Å²) in [6.07, 6.45) is 6.28. The number of H-pyrrole nitrogens is 1. The van der Waals surface area contributed by atoms with Crippen LogP contribution in [0.5, 0.6) is 0 Å². The van der Waals surface area contributed by atoms with Crippen LogP contribution in [-0.2, 0) is 6.42 Å². The van der Waals surface area contributed by atoms with Crippen LogP contribution in [0, 0.1) is 0 Å². The lowest BCUT2D eigenvalue weighted by atomic mass is 9.99. The monoisotopic (exact) mass is 318 g/mol. The van der Waals surface area contributed by atoms with Gasteiger partial charge in [-0.25, -0.2) is 4.39 Å². The highest BCUT2D eigenvalue weighted by Crippen LogP contribution is 2.45. The van der Waals surface area contributed by atoms with E-state index in [0.717, 1.165) is 11.3 Å². The minimum absolute atomic E-state index is 0.355. The van der Waals surface area contributed by atoms with E-state index in [4.69, 9.17) is 0 Å². The zero-order valence-corrected chi connectivity index (χ0v) is 13.9. The van der Waals surface area contributed by atoms with Crippen LogP contribution in [0.2, 0.25) is 0 Å². The molecule has 1 aliphatic carbocycles. The maximum absolute atomic E-state index is 12.9. The van der Waals surface area contributed by atoms with E-state index in [0.29, 0.717) is 12.0 Å². The molecule has 118 valence electrons. The van der Waals surface area contributed by atoms with E-state index in [-0.39, 0.29) is 6.01 Å². The van der Waals surface area contributed by atoms with Gasteiger partial charge in [0, 0.05) is 27.5 Å². The van der Waals surface area contributed by atoms with Crippen LogP contribution in [0.25, 0.3) is 10.9 Å². The first-order valence-corrected chi connectivity index (χ1v) is 9.29. The second kappa shape index (κ2) is 5.89. The molecule has 0 spiro atoms. The van der Waals surface area contributed by atoms with Crippen molar-refractivity contribution in [1.82, 2.24) is 9.88 Å². The molecule has 0 radical (unpaired) electrons. The zero-order valence-electron chi connectivity index (χ0n) is 13.1. The number of hydrogen-bond acceptors (Lipinski definition) is 2. The lowest BCUT2D eigenvalue weighted by Crippen LogP contribution is -2.27. The highest BCUT2D eigenvalue weighted by molar-refractivity contribution is 7.99. The van der Waals surface area contributed by atoms with Gasteiger partial charge in [0.2, 0.25) is 0 Å². The summed E-state index contributed by atoms with van der Waals surface area (Å²) in [5.74, 6) is 0.706. The summed E-state index contributed by atoms with van der Waals surface area (Å²) >= 11 is 1.32. The molecule has 4 heteroatoms. The Morgan fingerprint density at radius 3 is 2.86 bits per heavy atom. The topological polar surface area (TPSA) is 19.0 Å². The lowest BCUT2D eigenvalue weighted by Gasteiger charge is -2.20. The maximum atomic E-state index is 12.9. The SMILES string of the molecule is CN1CCC[C@@H]1Cc1c(C2CC2)[nH]c2cccc(SCF)c12. The summed E-state index contributed by atoms with van der Waals surface area (Å²) in [5.41, 5.74) is 4.09. The van der Waals surface area contributed by atoms with Crippen molar-refractivity contribution in [2.24, 2.45) is 0 Å². The van der Waals surface area contributed by atoms with E-state index in [1.165, 1.54) is 66.2 Å². The molecule has 1 saturated heterocycles. The van der Waals surface area contributed by atoms with Crippen LogP contribution >= 0.6 is 11.8 Å². The van der Waals surface area contributed by atoms with Crippen molar-refractivity contribution in [3.8, 4) is 0 Å². The number of benzene rings is 1. The maximum Gasteiger partial charge on any atom is 0.139 e. The van der Waals surface area contributed by atoms with Crippen molar-refractivity contribution in [1.29, 1.82) is 0 Å². The van der Waals surface area contributed by atoms with Crippen molar-refractivity contribution in [2.45, 2.75) is 49.0 Å². The molecule has 4 rings (SSSR count). The fraction of sp³-hybridized carbons (Fsp3) is 0.556. The van der Waals surface area contributed by atoms with Crippen LogP contribution in [-0.4, -0.2) is 35.5 Å². The number of aromatic amines is 1. The number of fused-ring (bicyclic) bond motifs is 1. The van der Waals surface area contributed by atoms with Crippen LogP contribution in [0.15, 0.2) is 23.1 Å². The predicted molar refractivity (Wildman–Crippen MR) is 91.5 cm³/mol. The second-order valence-electron chi connectivity index (χ2n) is 6.70. The summed E-state index contributed by atoms with van der Waals surface area (Å²) in [6, 6.07) is 6.54. The number of aromatic nitrogens is 1. The molecule has 2 nitrogen and oxygen atoms in total. The minimum atomic E-state index is -0.355. The third-order valence-corrected chi connectivity index (χ3v) is 5.99. The van der Waals surface area contributed by atoms with Crippen molar-refractivity contribution >= 4 is 22.7 Å². The van der Waals surface area contributed by atoms with Gasteiger partial charge in [-0.2, -0.15) is 0 Å². The number of nitrogens with one attached hydrogen (secondary N) is 1. The molecular formula is C18H23FN2S. The first kappa shape index (κ1) is 14.6. The van der Waals surface area contributed by atoms with Gasteiger partial charge in [0.05, 0.1) is 0 Å². The molecule has 1 N–H and O–H groups in total. The third kappa shape index (κ3) is 2.56. The van der Waals surface area contributed by atoms with Gasteiger partial charge in [0.25, 0.3) is 0 Å². The van der Waals surface area contributed by atoms with Gasteiger partial charge in [-0.1, -0.05) is 17.8 Å². The normalized spacial score (nSPS) is 22.7. The first-order valence-electron chi connectivity index (χ1n) is 8.30. The Morgan fingerprint density at radius 1 is 1.32 bits per heavy atom. The van der Waals surface area contributed by atoms with Gasteiger partial charge in [-0.15, -0.1) is 0 Å². The number of hydrogen-bond donors (Lipinski definition) is 1. The van der Waals surface area contributed by atoms with Crippen LogP contribution < -0.4 is 0 Å². The first-order chi connectivity index (χ1) is 10.8. The number of thioether (sulfide) groups is 1. The quantitative estimate of drug-likeness (QED) is 0.806. The molecule has 0 unspecified atom stereocenters. The zero-order chi connectivity index (χ0) is 15.1. The predicted octanol–water partition coefficient (Wildman–Crippen LogP) is 4.70. The number of rotatable bonds is 5. The molecule has 2 heterocycles. The van der Waals surface area contributed by atoms with Gasteiger partial charge in [0.15, 0.2) is 0 Å². The van der Waals surface area contributed by atoms with Crippen molar-refractivity contribution in [2.75, 3.05) is 19.6 Å². The molecular weight excluding hydrogens is 295 g/mol. The Bertz CT molecular complexity index is 677. The Kier molecular flexibility index (Phi) is 3.91. The van der Waals surface area contributed by atoms with Crippen LogP contribution in [0.4, 0.5) is 4.39 Å². The third-order valence-electron chi connectivity index (χ3n) is 5.23. The second-order valence-corrected chi connectivity index (χ2v) is 7.65. The smallest absolute Gasteiger partial charge is 0.139 e. The molecule has 1 atom stereocenters. The largest absolute Gasteiger partial charge is 0.358 e. The van der Waals surface area contributed by atoms with Crippen LogP contribution in [0.3, 0.4) is 0 Å². The summed E-state index contributed by atoms with van der Waals surface area (Å²) in [7, 11) is 2.24. The van der Waals surface area contributed by atoms with Gasteiger partial charge < -0.3 is 9.88 Å². The number of halogens is 1. The Labute approximate surface area is 135 Å². The van der Waals surface area contributed by atoms with E-state index in [2.05, 4.69) is 29.1 Å². The number of nitrogens with zero attached hydrogens (tertiary/aromatic N) is 1. The molecule has 0 amide bonds. The summed E-state index contributed by atoms with van der Waals surface area (Å²) in [4.78, 5) is 7.24. The van der Waals surface area contributed by atoms with Gasteiger partial charge in [-0.3, -0.25) is 0 Å². The van der Waals surface area contributed by atoms with Gasteiger partial charge in [0.1, 0.15) is 6.01 Å². The molecule has 1 aromatic heterocycles. The lowest BCUT2D eigenvalue weighted by molar-refractivity contribution is 0.309. The molecule has 22 heavy (non-hydrogen) atoms. The highest BCUT2D eigenvalue weighted by atomic mass is 32.2. The molecule has 0 bridgehead atoms.